The number of pyridine rings is 2. The molecule has 2 unspecified atom stereocenters. The van der Waals surface area contributed by atoms with E-state index in [1.165, 1.54) is 24.4 Å². The number of rotatable bonds is 6. The molecule has 0 aliphatic carbocycles. The van der Waals surface area contributed by atoms with Crippen molar-refractivity contribution in [3.05, 3.63) is 47.8 Å². The lowest BCUT2D eigenvalue weighted by Gasteiger charge is -2.42. The number of fused-ring (bicyclic) bond motifs is 2. The van der Waals surface area contributed by atoms with Crippen LogP contribution in [0.5, 0.6) is 0 Å². The minimum Gasteiger partial charge on any atom is -0.390 e. The van der Waals surface area contributed by atoms with E-state index in [1.54, 1.807) is 11.0 Å². The van der Waals surface area contributed by atoms with Gasteiger partial charge in [0.25, 0.3) is 5.92 Å². The number of aromatic nitrogens is 2. The highest BCUT2D eigenvalue weighted by atomic mass is 19.3. The van der Waals surface area contributed by atoms with E-state index in [1.807, 2.05) is 6.07 Å². The minimum atomic E-state index is -3.25. The molecule has 4 heterocycles. The Morgan fingerprint density at radius 1 is 1.28 bits per heavy atom. The average molecular weight is 439 g/mol. The normalized spacial score (nSPS) is 20.5. The maximum atomic E-state index is 14.7. The maximum absolute atomic E-state index is 14.7. The van der Waals surface area contributed by atoms with Crippen molar-refractivity contribution in [2.24, 2.45) is 10.7 Å². The zero-order valence-electron chi connectivity index (χ0n) is 17.4. The van der Waals surface area contributed by atoms with Crippen LogP contribution in [0.15, 0.2) is 41.5 Å². The van der Waals surface area contributed by atoms with Crippen LogP contribution in [0.1, 0.15) is 36.9 Å². The van der Waals surface area contributed by atoms with E-state index in [-0.39, 0.29) is 30.2 Å². The summed E-state index contributed by atoms with van der Waals surface area (Å²) < 4.78 is 29.3. The largest absolute Gasteiger partial charge is 0.390 e. The quantitative estimate of drug-likeness (QED) is 0.547. The van der Waals surface area contributed by atoms with Crippen LogP contribution >= 0.6 is 0 Å². The van der Waals surface area contributed by atoms with Crippen LogP contribution in [-0.4, -0.2) is 52.3 Å². The Balaban J connectivity index is 1.38. The molecule has 2 aliphatic heterocycles. The molecule has 2 saturated heterocycles. The van der Waals surface area contributed by atoms with Gasteiger partial charge in [-0.3, -0.25) is 4.79 Å². The summed E-state index contributed by atoms with van der Waals surface area (Å²) in [5, 5.41) is 8.95. The first kappa shape index (κ1) is 21.6. The van der Waals surface area contributed by atoms with E-state index in [4.69, 9.17) is 11.0 Å². The number of hydrogen-bond acceptors (Lipinski definition) is 6. The minimum absolute atomic E-state index is 0.0890. The number of piperazine rings is 1. The Labute approximate surface area is 184 Å². The van der Waals surface area contributed by atoms with E-state index in [0.29, 0.717) is 18.7 Å². The number of hydrogen-bond donors (Lipinski definition) is 1. The highest BCUT2D eigenvalue weighted by molar-refractivity contribution is 5.77. The summed E-state index contributed by atoms with van der Waals surface area (Å²) in [4.78, 5) is 28.6. The molecule has 1 amide bonds. The fraction of sp³-hybridized carbons (Fsp3) is 0.409. The predicted molar refractivity (Wildman–Crippen MR) is 115 cm³/mol. The first-order valence-electron chi connectivity index (χ1n) is 10.4. The fourth-order valence-electron chi connectivity index (χ4n) is 4.41. The summed E-state index contributed by atoms with van der Waals surface area (Å²) in [7, 11) is 0. The van der Waals surface area contributed by atoms with Gasteiger partial charge < -0.3 is 15.5 Å². The zero-order valence-corrected chi connectivity index (χ0v) is 17.4. The Morgan fingerprint density at radius 3 is 2.66 bits per heavy atom. The third-order valence-electron chi connectivity index (χ3n) is 5.95. The number of carbonyl (C=O) groups is 1. The average Bonchev–Trinajstić information content (AvgIpc) is 3.07. The van der Waals surface area contributed by atoms with Crippen molar-refractivity contribution in [3.8, 4) is 6.07 Å². The maximum Gasteiger partial charge on any atom is 0.290 e. The van der Waals surface area contributed by atoms with E-state index >= 15 is 0 Å². The number of aliphatic imine (C=N–C) groups is 1. The SMILES string of the molecule is N#Cc1ccc(N2C3CCC2CN(C(=O)CCC(F)(F)c2cccc(N=CN)n2)C3)nc1. The number of carbonyl (C=O) groups excluding carboxylic acids is 1. The Kier molecular flexibility index (Phi) is 5.99. The summed E-state index contributed by atoms with van der Waals surface area (Å²) >= 11 is 0. The molecule has 166 valence electrons. The zero-order chi connectivity index (χ0) is 22.7. The third-order valence-corrected chi connectivity index (χ3v) is 5.95. The van der Waals surface area contributed by atoms with Gasteiger partial charge in [-0.2, -0.15) is 14.0 Å². The first-order valence-corrected chi connectivity index (χ1v) is 10.4. The molecule has 0 saturated carbocycles. The number of likely N-dealkylation sites (tertiary alicyclic amines) is 1. The second-order valence-electron chi connectivity index (χ2n) is 7.97. The number of alkyl halides is 2. The van der Waals surface area contributed by atoms with Crippen molar-refractivity contribution >= 4 is 23.9 Å². The molecule has 2 atom stereocenters. The van der Waals surface area contributed by atoms with Gasteiger partial charge in [-0.15, -0.1) is 0 Å². The molecule has 2 aromatic rings. The molecular formula is C22H23F2N7O. The molecule has 8 nitrogen and oxygen atoms in total. The molecule has 2 bridgehead atoms. The highest BCUT2D eigenvalue weighted by Crippen LogP contribution is 2.36. The lowest BCUT2D eigenvalue weighted by Crippen LogP contribution is -2.55. The summed E-state index contributed by atoms with van der Waals surface area (Å²) in [5.74, 6) is -2.66. The predicted octanol–water partition coefficient (Wildman–Crippen LogP) is 2.72. The van der Waals surface area contributed by atoms with Gasteiger partial charge in [0.1, 0.15) is 17.6 Å². The van der Waals surface area contributed by atoms with Gasteiger partial charge in [-0.1, -0.05) is 6.07 Å². The molecule has 2 N–H and O–H groups in total. The molecular weight excluding hydrogens is 416 g/mol. The van der Waals surface area contributed by atoms with Gasteiger partial charge in [-0.05, 0) is 37.1 Å². The van der Waals surface area contributed by atoms with E-state index in [2.05, 4.69) is 25.9 Å². The van der Waals surface area contributed by atoms with Crippen molar-refractivity contribution < 1.29 is 13.6 Å². The number of amides is 1. The summed E-state index contributed by atoms with van der Waals surface area (Å²) in [6.45, 7) is 0.947. The standard InChI is InChI=1S/C22H23F2N7O/c23-22(24,18-2-1-3-19(29-18)28-14-26)9-8-21(32)30-12-16-5-6-17(13-30)31(16)20-7-4-15(10-25)11-27-20/h1-4,7,11,14,16-17H,5-6,8-9,12-13H2,(H2,26,28,29). The molecule has 0 aromatic carbocycles. The van der Waals surface area contributed by atoms with Crippen LogP contribution in [0.3, 0.4) is 0 Å². The van der Waals surface area contributed by atoms with Crippen molar-refractivity contribution in [1.82, 2.24) is 14.9 Å². The van der Waals surface area contributed by atoms with Crippen LogP contribution in [0.25, 0.3) is 0 Å². The first-order chi connectivity index (χ1) is 15.4. The van der Waals surface area contributed by atoms with Crippen molar-refractivity contribution in [3.63, 3.8) is 0 Å². The van der Waals surface area contributed by atoms with Crippen molar-refractivity contribution in [2.75, 3.05) is 18.0 Å². The molecule has 0 radical (unpaired) electrons. The van der Waals surface area contributed by atoms with Gasteiger partial charge in [0.15, 0.2) is 5.82 Å². The van der Waals surface area contributed by atoms with Crippen LogP contribution in [0.4, 0.5) is 20.4 Å². The van der Waals surface area contributed by atoms with Gasteiger partial charge in [-0.25, -0.2) is 15.0 Å². The molecule has 2 fully saturated rings. The second kappa shape index (κ2) is 8.86. The van der Waals surface area contributed by atoms with Gasteiger partial charge in [0.05, 0.1) is 11.9 Å². The highest BCUT2D eigenvalue weighted by Gasteiger charge is 2.42. The third kappa shape index (κ3) is 4.37. The van der Waals surface area contributed by atoms with Gasteiger partial charge >= 0.3 is 0 Å². The van der Waals surface area contributed by atoms with E-state index in [0.717, 1.165) is 25.0 Å². The smallest absolute Gasteiger partial charge is 0.290 e. The van der Waals surface area contributed by atoms with E-state index in [9.17, 15) is 13.6 Å². The van der Waals surface area contributed by atoms with E-state index < -0.39 is 18.0 Å². The summed E-state index contributed by atoms with van der Waals surface area (Å²) in [6, 6.07) is 9.92. The lowest BCUT2D eigenvalue weighted by atomic mass is 10.1. The molecule has 32 heavy (non-hydrogen) atoms. The lowest BCUT2D eigenvalue weighted by molar-refractivity contribution is -0.134. The molecule has 0 spiro atoms. The van der Waals surface area contributed by atoms with Gasteiger partial charge in [0.2, 0.25) is 5.91 Å². The number of nitrogens with two attached hydrogens (primary N) is 1. The summed E-state index contributed by atoms with van der Waals surface area (Å²) in [5.41, 5.74) is 5.26. The number of halogens is 2. The van der Waals surface area contributed by atoms with Crippen LogP contribution in [-0.2, 0) is 10.7 Å². The number of nitriles is 1. The Bertz CT molecular complexity index is 1040. The van der Waals surface area contributed by atoms with Gasteiger partial charge in [0, 0.05) is 44.2 Å². The Morgan fingerprint density at radius 2 is 2.03 bits per heavy atom. The summed E-state index contributed by atoms with van der Waals surface area (Å²) in [6.07, 6.45) is 3.45. The topological polar surface area (TPSA) is 112 Å². The molecule has 4 rings (SSSR count). The van der Waals surface area contributed by atoms with Crippen molar-refractivity contribution in [1.29, 1.82) is 5.26 Å². The number of nitrogens with zero attached hydrogens (tertiary/aromatic N) is 6. The van der Waals surface area contributed by atoms with Crippen LogP contribution in [0.2, 0.25) is 0 Å². The number of anilines is 1. The second-order valence-corrected chi connectivity index (χ2v) is 7.97. The monoisotopic (exact) mass is 439 g/mol. The molecule has 2 aliphatic rings. The Hall–Kier alpha value is -3.61. The van der Waals surface area contributed by atoms with Crippen molar-refractivity contribution in [2.45, 2.75) is 43.7 Å². The van der Waals surface area contributed by atoms with Crippen LogP contribution < -0.4 is 10.6 Å². The molecule has 2 aromatic heterocycles. The molecule has 10 heteroatoms. The van der Waals surface area contributed by atoms with Crippen LogP contribution in [0, 0.1) is 11.3 Å². The fourth-order valence-corrected chi connectivity index (χ4v) is 4.41.